The van der Waals surface area contributed by atoms with Crippen LogP contribution in [0.4, 0.5) is 32.2 Å². The van der Waals surface area contributed by atoms with Gasteiger partial charge in [0.25, 0.3) is 0 Å². The highest BCUT2D eigenvalue weighted by molar-refractivity contribution is 5.86. The van der Waals surface area contributed by atoms with E-state index in [0.717, 1.165) is 5.39 Å². The third kappa shape index (κ3) is 5.07. The minimum Gasteiger partial charge on any atom is -0.367 e. The zero-order valence-electron chi connectivity index (χ0n) is 16.5. The molecule has 0 atom stereocenters. The number of anilines is 1. The van der Waals surface area contributed by atoms with Crippen LogP contribution < -0.4 is 5.32 Å². The van der Waals surface area contributed by atoms with Gasteiger partial charge in [0.05, 0.1) is 17.5 Å². The van der Waals surface area contributed by atoms with Gasteiger partial charge in [-0.1, -0.05) is 0 Å². The quantitative estimate of drug-likeness (QED) is 0.522. The van der Waals surface area contributed by atoms with Gasteiger partial charge in [0.1, 0.15) is 23.5 Å². The highest BCUT2D eigenvalue weighted by atomic mass is 35.5. The van der Waals surface area contributed by atoms with Crippen LogP contribution in [0.2, 0.25) is 0 Å². The van der Waals surface area contributed by atoms with Crippen LogP contribution in [0.25, 0.3) is 11.0 Å². The summed E-state index contributed by atoms with van der Waals surface area (Å²) in [6.07, 6.45) is -0.395. The Morgan fingerprint density at radius 2 is 1.81 bits per heavy atom. The van der Waals surface area contributed by atoms with Crippen LogP contribution >= 0.6 is 12.4 Å². The van der Waals surface area contributed by atoms with Crippen molar-refractivity contribution in [3.8, 4) is 0 Å². The molecule has 0 radical (unpaired) electrons. The summed E-state index contributed by atoms with van der Waals surface area (Å²) in [6.45, 7) is -0.224. The van der Waals surface area contributed by atoms with Gasteiger partial charge in [0.2, 0.25) is 0 Å². The third-order valence-corrected chi connectivity index (χ3v) is 5.22. The summed E-state index contributed by atoms with van der Waals surface area (Å²) in [6, 6.07) is 1.88. The smallest absolute Gasteiger partial charge is 0.367 e. The summed E-state index contributed by atoms with van der Waals surface area (Å²) < 4.78 is 80.9. The SMILES string of the molecule is Cl.Fc1cc(C(F)(F)F)cnc1C(F)(F)CN1CCC(Nc2ncnc3[nH]ccc23)CC1. The van der Waals surface area contributed by atoms with Crippen molar-refractivity contribution in [1.82, 2.24) is 24.8 Å². The molecule has 0 aromatic carbocycles. The van der Waals surface area contributed by atoms with Crippen molar-refractivity contribution in [2.75, 3.05) is 25.0 Å². The molecule has 32 heavy (non-hydrogen) atoms. The Hall–Kier alpha value is -2.60. The second-order valence-electron chi connectivity index (χ2n) is 7.41. The maximum absolute atomic E-state index is 14.6. The first-order valence-corrected chi connectivity index (χ1v) is 9.51. The van der Waals surface area contributed by atoms with Crippen LogP contribution in [0.5, 0.6) is 0 Å². The monoisotopic (exact) mass is 480 g/mol. The highest BCUT2D eigenvalue weighted by Gasteiger charge is 2.41. The zero-order valence-corrected chi connectivity index (χ0v) is 17.3. The average Bonchev–Trinajstić information content (AvgIpc) is 3.18. The number of nitrogens with one attached hydrogen (secondary N) is 2. The zero-order chi connectivity index (χ0) is 22.2. The molecule has 0 unspecified atom stereocenters. The number of likely N-dealkylation sites (tertiary alicyclic amines) is 1. The number of nitrogens with zero attached hydrogens (tertiary/aromatic N) is 4. The summed E-state index contributed by atoms with van der Waals surface area (Å²) in [5.74, 6) is -4.75. The van der Waals surface area contributed by atoms with Crippen molar-refractivity contribution in [1.29, 1.82) is 0 Å². The van der Waals surface area contributed by atoms with Crippen molar-refractivity contribution in [3.05, 3.63) is 47.9 Å². The molecular weight excluding hydrogens is 462 g/mol. The van der Waals surface area contributed by atoms with Gasteiger partial charge in [-0.15, -0.1) is 12.4 Å². The number of fused-ring (bicyclic) bond motifs is 1. The second-order valence-corrected chi connectivity index (χ2v) is 7.41. The molecule has 13 heteroatoms. The fraction of sp³-hybridized carbons (Fsp3) is 0.421. The standard InChI is InChI=1S/C19H18F6N6.ClH/c20-14-7-11(19(23,24)25)8-27-15(14)18(21,22)9-31-5-2-12(3-6-31)30-17-13-1-4-26-16(13)28-10-29-17;/h1,4,7-8,10,12H,2-3,5-6,9H2,(H2,26,28,29,30);1H. The topological polar surface area (TPSA) is 69.7 Å². The van der Waals surface area contributed by atoms with Gasteiger partial charge in [0.15, 0.2) is 5.82 Å². The molecule has 0 saturated carbocycles. The predicted molar refractivity (Wildman–Crippen MR) is 107 cm³/mol. The van der Waals surface area contributed by atoms with E-state index in [9.17, 15) is 26.3 Å². The molecule has 3 aromatic heterocycles. The lowest BCUT2D eigenvalue weighted by Crippen LogP contribution is -2.44. The summed E-state index contributed by atoms with van der Waals surface area (Å²) in [4.78, 5) is 15.8. The summed E-state index contributed by atoms with van der Waals surface area (Å²) >= 11 is 0. The van der Waals surface area contributed by atoms with Crippen molar-refractivity contribution < 1.29 is 26.3 Å². The molecule has 4 heterocycles. The number of aromatic amines is 1. The van der Waals surface area contributed by atoms with Crippen molar-refractivity contribution in [3.63, 3.8) is 0 Å². The maximum Gasteiger partial charge on any atom is 0.417 e. The van der Waals surface area contributed by atoms with Crippen molar-refractivity contribution in [2.24, 2.45) is 0 Å². The fourth-order valence-electron chi connectivity index (χ4n) is 3.63. The van der Waals surface area contributed by atoms with E-state index in [1.165, 1.54) is 11.2 Å². The first kappa shape index (κ1) is 24.1. The van der Waals surface area contributed by atoms with Gasteiger partial charge < -0.3 is 10.3 Å². The van der Waals surface area contributed by atoms with E-state index in [4.69, 9.17) is 0 Å². The minimum atomic E-state index is -4.85. The Balaban J connectivity index is 0.00000289. The predicted octanol–water partition coefficient (Wildman–Crippen LogP) is 4.60. The molecule has 6 nitrogen and oxygen atoms in total. The number of alkyl halides is 5. The van der Waals surface area contributed by atoms with E-state index in [1.807, 2.05) is 6.07 Å². The van der Waals surface area contributed by atoms with Crippen molar-refractivity contribution in [2.45, 2.75) is 31.0 Å². The Bertz CT molecular complexity index is 1060. The van der Waals surface area contributed by atoms with Gasteiger partial charge in [-0.3, -0.25) is 9.88 Å². The molecular formula is C19H19ClF6N6. The molecule has 2 N–H and O–H groups in total. The van der Waals surface area contributed by atoms with Gasteiger partial charge >= 0.3 is 12.1 Å². The van der Waals surface area contributed by atoms with Crippen LogP contribution in [-0.4, -0.2) is 50.5 Å². The van der Waals surface area contributed by atoms with E-state index >= 15 is 0 Å². The van der Waals surface area contributed by atoms with Crippen LogP contribution in [0.15, 0.2) is 30.9 Å². The molecule has 0 aliphatic carbocycles. The summed E-state index contributed by atoms with van der Waals surface area (Å²) in [5, 5.41) is 4.11. The summed E-state index contributed by atoms with van der Waals surface area (Å²) in [7, 11) is 0. The van der Waals surface area contributed by atoms with Gasteiger partial charge in [-0.05, 0) is 25.0 Å². The van der Waals surface area contributed by atoms with Gasteiger partial charge in [-0.25, -0.2) is 14.4 Å². The molecule has 0 amide bonds. The molecule has 1 fully saturated rings. The van der Waals surface area contributed by atoms with E-state index < -0.39 is 35.7 Å². The van der Waals surface area contributed by atoms with Crippen LogP contribution in [0, 0.1) is 5.82 Å². The number of H-pyrrole nitrogens is 1. The minimum absolute atomic E-state index is 0. The van der Waals surface area contributed by atoms with Crippen LogP contribution in [0.1, 0.15) is 24.1 Å². The first-order chi connectivity index (χ1) is 14.6. The van der Waals surface area contributed by atoms with E-state index in [0.29, 0.717) is 37.4 Å². The number of hydrogen-bond acceptors (Lipinski definition) is 5. The number of piperidine rings is 1. The highest BCUT2D eigenvalue weighted by Crippen LogP contribution is 2.34. The molecule has 174 valence electrons. The molecule has 3 aromatic rings. The van der Waals surface area contributed by atoms with Crippen LogP contribution in [0.3, 0.4) is 0 Å². The second kappa shape index (κ2) is 9.10. The van der Waals surface area contributed by atoms with Gasteiger partial charge in [-0.2, -0.15) is 22.0 Å². The maximum atomic E-state index is 14.6. The molecule has 1 aliphatic rings. The van der Waals surface area contributed by atoms with Crippen LogP contribution in [-0.2, 0) is 12.1 Å². The van der Waals surface area contributed by atoms with Crippen molar-refractivity contribution >= 4 is 29.3 Å². The number of rotatable bonds is 5. The summed E-state index contributed by atoms with van der Waals surface area (Å²) in [5.41, 5.74) is -2.00. The Morgan fingerprint density at radius 3 is 2.47 bits per heavy atom. The average molecular weight is 481 g/mol. The number of halogens is 7. The molecule has 1 saturated heterocycles. The number of hydrogen-bond donors (Lipinski definition) is 2. The van der Waals surface area contributed by atoms with E-state index in [2.05, 4.69) is 25.3 Å². The number of aromatic nitrogens is 4. The Kier molecular flexibility index (Phi) is 6.84. The lowest BCUT2D eigenvalue weighted by atomic mass is 10.0. The normalized spacial score (nSPS) is 16.2. The third-order valence-electron chi connectivity index (χ3n) is 5.22. The Morgan fingerprint density at radius 1 is 1.09 bits per heavy atom. The molecule has 4 rings (SSSR count). The number of pyridine rings is 1. The van der Waals surface area contributed by atoms with E-state index in [1.54, 1.807) is 6.20 Å². The Labute approximate surface area is 184 Å². The molecule has 1 aliphatic heterocycles. The lowest BCUT2D eigenvalue weighted by Gasteiger charge is -2.34. The largest absolute Gasteiger partial charge is 0.417 e. The molecule has 0 bridgehead atoms. The van der Waals surface area contributed by atoms with Gasteiger partial charge in [0, 0.05) is 31.5 Å². The van der Waals surface area contributed by atoms with E-state index in [-0.39, 0.29) is 30.7 Å². The molecule has 0 spiro atoms. The fourth-order valence-corrected chi connectivity index (χ4v) is 3.63. The lowest BCUT2D eigenvalue weighted by molar-refractivity contribution is -0.138. The first-order valence-electron chi connectivity index (χ1n) is 9.51.